The van der Waals surface area contributed by atoms with E-state index in [-0.39, 0.29) is 12.5 Å². The molecule has 0 aromatic heterocycles. The first-order valence-corrected chi connectivity index (χ1v) is 5.20. The lowest BCUT2D eigenvalue weighted by Crippen LogP contribution is -2.29. The molecule has 16 heavy (non-hydrogen) atoms. The second kappa shape index (κ2) is 3.96. The zero-order valence-corrected chi connectivity index (χ0v) is 9.24. The van der Waals surface area contributed by atoms with Crippen LogP contribution in [0.15, 0.2) is 18.2 Å². The summed E-state index contributed by atoms with van der Waals surface area (Å²) in [6.45, 7) is 3.86. The van der Waals surface area contributed by atoms with Crippen LogP contribution in [0, 0.1) is 0 Å². The smallest absolute Gasteiger partial charge is 0.292 e. The van der Waals surface area contributed by atoms with Gasteiger partial charge in [-0.2, -0.15) is 0 Å². The Hall–Kier alpha value is -1.84. The minimum Gasteiger partial charge on any atom is -0.491 e. The van der Waals surface area contributed by atoms with Gasteiger partial charge in [0, 0.05) is 18.2 Å². The highest BCUT2D eigenvalue weighted by Gasteiger charge is 2.23. The average molecular weight is 219 g/mol. The Bertz CT molecular complexity index is 452. The highest BCUT2D eigenvalue weighted by atomic mass is 16.5. The van der Waals surface area contributed by atoms with Crippen LogP contribution in [0.2, 0.25) is 0 Å². The maximum atomic E-state index is 11.2. The van der Waals surface area contributed by atoms with Crippen LogP contribution in [0.1, 0.15) is 19.4 Å². The average Bonchev–Trinajstić information content (AvgIpc) is 2.19. The van der Waals surface area contributed by atoms with E-state index in [2.05, 4.69) is 5.32 Å². The molecule has 0 aliphatic carbocycles. The zero-order chi connectivity index (χ0) is 11.7. The maximum Gasteiger partial charge on any atom is 0.292 e. The van der Waals surface area contributed by atoms with Gasteiger partial charge >= 0.3 is 0 Å². The van der Waals surface area contributed by atoms with Gasteiger partial charge in [-0.15, -0.1) is 0 Å². The maximum absolute atomic E-state index is 11.2. The summed E-state index contributed by atoms with van der Waals surface area (Å²) in [7, 11) is 0. The molecule has 1 amide bonds. The third-order valence-corrected chi connectivity index (χ3v) is 2.31. The fraction of sp³-hybridized carbons (Fsp3) is 0.333. The first-order chi connectivity index (χ1) is 7.56. The molecule has 0 bridgehead atoms. The minimum atomic E-state index is -0.547. The topological polar surface area (TPSA) is 55.4 Å². The van der Waals surface area contributed by atoms with Gasteiger partial charge in [0.05, 0.1) is 6.10 Å². The highest BCUT2D eigenvalue weighted by Crippen LogP contribution is 2.26. The molecule has 1 aromatic carbocycles. The summed E-state index contributed by atoms with van der Waals surface area (Å²) in [6, 6.07) is 5.37. The highest BCUT2D eigenvalue weighted by molar-refractivity contribution is 6.42. The molecule has 0 fully saturated rings. The molecule has 0 saturated heterocycles. The van der Waals surface area contributed by atoms with Crippen molar-refractivity contribution in [1.82, 2.24) is 0 Å². The zero-order valence-electron chi connectivity index (χ0n) is 9.24. The van der Waals surface area contributed by atoms with Crippen molar-refractivity contribution in [2.75, 3.05) is 5.32 Å². The fourth-order valence-corrected chi connectivity index (χ4v) is 1.62. The first-order valence-electron chi connectivity index (χ1n) is 5.20. The molecule has 4 nitrogen and oxygen atoms in total. The Balaban J connectivity index is 2.29. The number of hydrogen-bond donors (Lipinski definition) is 1. The Morgan fingerprint density at radius 2 is 2.06 bits per heavy atom. The number of anilines is 1. The van der Waals surface area contributed by atoms with Gasteiger partial charge < -0.3 is 10.1 Å². The molecule has 4 heteroatoms. The quantitative estimate of drug-likeness (QED) is 0.767. The van der Waals surface area contributed by atoms with Crippen LogP contribution in [0.3, 0.4) is 0 Å². The number of carbonyl (C=O) groups is 2. The molecule has 0 spiro atoms. The number of carbonyl (C=O) groups excluding carboxylic acids is 2. The van der Waals surface area contributed by atoms with E-state index in [1.165, 1.54) is 0 Å². The van der Waals surface area contributed by atoms with Gasteiger partial charge in [-0.25, -0.2) is 0 Å². The van der Waals surface area contributed by atoms with E-state index < -0.39 is 11.7 Å². The van der Waals surface area contributed by atoms with E-state index in [1.807, 2.05) is 26.0 Å². The molecule has 1 aromatic rings. The number of rotatable bonds is 2. The summed E-state index contributed by atoms with van der Waals surface area (Å²) in [4.78, 5) is 22.4. The fourth-order valence-electron chi connectivity index (χ4n) is 1.62. The van der Waals surface area contributed by atoms with Gasteiger partial charge in [0.1, 0.15) is 5.75 Å². The monoisotopic (exact) mass is 219 g/mol. The van der Waals surface area contributed by atoms with Gasteiger partial charge in [-0.05, 0) is 25.5 Å². The van der Waals surface area contributed by atoms with Crippen molar-refractivity contribution in [3.05, 3.63) is 23.8 Å². The van der Waals surface area contributed by atoms with E-state index >= 15 is 0 Å². The number of fused-ring (bicyclic) bond motifs is 1. The summed E-state index contributed by atoms with van der Waals surface area (Å²) in [5, 5.41) is 2.55. The lowest BCUT2D eigenvalue weighted by molar-refractivity contribution is -0.134. The van der Waals surface area contributed by atoms with Crippen LogP contribution in [-0.2, 0) is 16.0 Å². The van der Waals surface area contributed by atoms with Crippen LogP contribution < -0.4 is 10.1 Å². The summed E-state index contributed by atoms with van der Waals surface area (Å²) >= 11 is 0. The molecule has 0 radical (unpaired) electrons. The molecular formula is C12H13NO3. The Morgan fingerprint density at radius 1 is 1.31 bits per heavy atom. The number of nitrogens with one attached hydrogen (secondary N) is 1. The SMILES string of the molecule is CC(C)Oc1ccc2c(c1)NC(=O)C(=O)C2. The predicted octanol–water partition coefficient (Wildman–Crippen LogP) is 1.54. The van der Waals surface area contributed by atoms with Crippen molar-refractivity contribution in [2.45, 2.75) is 26.4 Å². The van der Waals surface area contributed by atoms with Crippen molar-refractivity contribution in [3.63, 3.8) is 0 Å². The molecule has 1 aliphatic heterocycles. The Kier molecular flexibility index (Phi) is 2.64. The molecule has 1 heterocycles. The van der Waals surface area contributed by atoms with E-state index in [9.17, 15) is 9.59 Å². The van der Waals surface area contributed by atoms with Crippen molar-refractivity contribution in [2.24, 2.45) is 0 Å². The van der Waals surface area contributed by atoms with Crippen molar-refractivity contribution >= 4 is 17.4 Å². The van der Waals surface area contributed by atoms with Crippen LogP contribution in [0.5, 0.6) is 5.75 Å². The van der Waals surface area contributed by atoms with E-state index in [0.29, 0.717) is 11.4 Å². The normalized spacial score (nSPS) is 14.7. The van der Waals surface area contributed by atoms with Crippen molar-refractivity contribution in [1.29, 1.82) is 0 Å². The number of benzene rings is 1. The van der Waals surface area contributed by atoms with Gasteiger partial charge in [-0.1, -0.05) is 6.07 Å². The van der Waals surface area contributed by atoms with Crippen LogP contribution in [-0.4, -0.2) is 17.8 Å². The summed E-state index contributed by atoms with van der Waals surface area (Å²) in [6.07, 6.45) is 0.252. The Labute approximate surface area is 93.6 Å². The molecule has 0 unspecified atom stereocenters. The first kappa shape index (κ1) is 10.7. The van der Waals surface area contributed by atoms with Crippen LogP contribution >= 0.6 is 0 Å². The molecule has 1 N–H and O–H groups in total. The summed E-state index contributed by atoms with van der Waals surface area (Å²) < 4.78 is 5.51. The standard InChI is InChI=1S/C12H13NO3/c1-7(2)16-9-4-3-8-5-11(14)12(15)13-10(8)6-9/h3-4,6-7H,5H2,1-2H3,(H,13,15). The second-order valence-electron chi connectivity index (χ2n) is 4.04. The molecule has 2 rings (SSSR count). The van der Waals surface area contributed by atoms with Gasteiger partial charge in [0.15, 0.2) is 0 Å². The summed E-state index contributed by atoms with van der Waals surface area (Å²) in [5.41, 5.74) is 1.50. The predicted molar refractivity (Wildman–Crippen MR) is 59.5 cm³/mol. The second-order valence-corrected chi connectivity index (χ2v) is 4.04. The van der Waals surface area contributed by atoms with Gasteiger partial charge in [0.25, 0.3) is 5.91 Å². The van der Waals surface area contributed by atoms with E-state index in [0.717, 1.165) is 5.56 Å². The number of ketones is 1. The lowest BCUT2D eigenvalue weighted by atomic mass is 10.0. The number of ether oxygens (including phenoxy) is 1. The number of hydrogen-bond acceptors (Lipinski definition) is 3. The van der Waals surface area contributed by atoms with Gasteiger partial charge in [-0.3, -0.25) is 9.59 Å². The molecule has 0 atom stereocenters. The minimum absolute atomic E-state index is 0.0824. The van der Waals surface area contributed by atoms with Crippen LogP contribution in [0.4, 0.5) is 5.69 Å². The molecule has 0 saturated carbocycles. The van der Waals surface area contributed by atoms with Crippen molar-refractivity contribution < 1.29 is 14.3 Å². The third-order valence-electron chi connectivity index (χ3n) is 2.31. The summed E-state index contributed by atoms with van der Waals surface area (Å²) in [5.74, 6) is -0.248. The van der Waals surface area contributed by atoms with Crippen LogP contribution in [0.25, 0.3) is 0 Å². The van der Waals surface area contributed by atoms with Gasteiger partial charge in [0.2, 0.25) is 5.78 Å². The number of Topliss-reactive ketones (excluding diaryl/α,β-unsaturated/α-hetero) is 1. The largest absolute Gasteiger partial charge is 0.491 e. The van der Waals surface area contributed by atoms with Crippen molar-refractivity contribution in [3.8, 4) is 5.75 Å². The lowest BCUT2D eigenvalue weighted by Gasteiger charge is -2.17. The van der Waals surface area contributed by atoms with E-state index in [1.54, 1.807) is 6.07 Å². The molecule has 84 valence electrons. The molecule has 1 aliphatic rings. The Morgan fingerprint density at radius 3 is 2.75 bits per heavy atom. The van der Waals surface area contributed by atoms with E-state index in [4.69, 9.17) is 4.74 Å². The number of amides is 1. The molecular weight excluding hydrogens is 206 g/mol. The third kappa shape index (κ3) is 2.05.